The first-order chi connectivity index (χ1) is 7.85. The topological polar surface area (TPSA) is 37.8 Å². The van der Waals surface area contributed by atoms with Crippen LogP contribution in [0.5, 0.6) is 0 Å². The van der Waals surface area contributed by atoms with Gasteiger partial charge in [-0.15, -0.1) is 0 Å². The average Bonchev–Trinajstić information content (AvgIpc) is 2.78. The highest BCUT2D eigenvalue weighted by molar-refractivity contribution is 6.99. The second-order valence-corrected chi connectivity index (χ2v) is 4.19. The van der Waals surface area contributed by atoms with Crippen molar-refractivity contribution in [2.75, 3.05) is 12.4 Å². The number of hydrogen-bond donors (Lipinski definition) is 1. The van der Waals surface area contributed by atoms with Crippen molar-refractivity contribution in [3.05, 3.63) is 29.8 Å². The number of aryl methyl sites for hydroxylation is 1. The summed E-state index contributed by atoms with van der Waals surface area (Å²) in [5.41, 5.74) is 3.44. The number of nitrogens with one attached hydrogen (secondary N) is 1. The molecular weight excluding hydrogens is 218 g/mol. The highest BCUT2D eigenvalue weighted by Crippen LogP contribution is 2.25. The Morgan fingerprint density at radius 2 is 1.94 bits per heavy atom. The van der Waals surface area contributed by atoms with Crippen molar-refractivity contribution in [3.63, 3.8) is 0 Å². The molecule has 2 aromatic rings. The van der Waals surface area contributed by atoms with Crippen LogP contribution < -0.4 is 5.32 Å². The molecule has 3 nitrogen and oxygen atoms in total. The Balaban J connectivity index is 2.27. The van der Waals surface area contributed by atoms with Crippen molar-refractivity contribution in [3.8, 4) is 11.3 Å². The van der Waals surface area contributed by atoms with Crippen LogP contribution in [0, 0.1) is 0 Å². The standard InChI is InChI=1S/C12H15N3S/c1-3-4-9-5-7-10(8-6-9)11-12(13-2)15-16-14-11/h5-8H,3-4H2,1-2H3,(H,13,15). The number of benzene rings is 1. The van der Waals surface area contributed by atoms with E-state index in [1.165, 1.54) is 23.7 Å². The molecule has 0 spiro atoms. The number of hydrogen-bond acceptors (Lipinski definition) is 4. The van der Waals surface area contributed by atoms with Gasteiger partial charge in [0.2, 0.25) is 0 Å². The molecule has 0 aliphatic heterocycles. The van der Waals surface area contributed by atoms with E-state index in [0.717, 1.165) is 23.5 Å². The quantitative estimate of drug-likeness (QED) is 0.881. The normalized spacial score (nSPS) is 10.4. The number of aromatic nitrogens is 2. The van der Waals surface area contributed by atoms with Gasteiger partial charge in [-0.2, -0.15) is 8.75 Å². The Morgan fingerprint density at radius 1 is 1.19 bits per heavy atom. The Morgan fingerprint density at radius 3 is 2.56 bits per heavy atom. The van der Waals surface area contributed by atoms with E-state index in [2.05, 4.69) is 45.3 Å². The lowest BCUT2D eigenvalue weighted by Gasteiger charge is -2.02. The Labute approximate surface area is 99.9 Å². The first kappa shape index (κ1) is 11.1. The smallest absolute Gasteiger partial charge is 0.167 e. The fraction of sp³-hybridized carbons (Fsp3) is 0.333. The predicted octanol–water partition coefficient (Wildman–Crippen LogP) is 3.20. The molecule has 1 heterocycles. The molecular formula is C12H15N3S. The summed E-state index contributed by atoms with van der Waals surface area (Å²) in [6, 6.07) is 8.56. The fourth-order valence-corrected chi connectivity index (χ4v) is 2.23. The van der Waals surface area contributed by atoms with E-state index >= 15 is 0 Å². The fourth-order valence-electron chi connectivity index (χ4n) is 1.66. The zero-order valence-corrected chi connectivity index (χ0v) is 10.3. The van der Waals surface area contributed by atoms with Gasteiger partial charge in [-0.3, -0.25) is 0 Å². The first-order valence-corrected chi connectivity index (χ1v) is 6.17. The van der Waals surface area contributed by atoms with E-state index in [4.69, 9.17) is 0 Å². The van der Waals surface area contributed by atoms with E-state index < -0.39 is 0 Å². The lowest BCUT2D eigenvalue weighted by Crippen LogP contribution is -1.91. The summed E-state index contributed by atoms with van der Waals surface area (Å²) < 4.78 is 8.49. The summed E-state index contributed by atoms with van der Waals surface area (Å²) >= 11 is 1.24. The maximum Gasteiger partial charge on any atom is 0.167 e. The van der Waals surface area contributed by atoms with E-state index in [1.54, 1.807) is 0 Å². The van der Waals surface area contributed by atoms with Crippen molar-refractivity contribution < 1.29 is 0 Å². The molecule has 0 atom stereocenters. The molecule has 0 amide bonds. The summed E-state index contributed by atoms with van der Waals surface area (Å²) in [4.78, 5) is 0. The van der Waals surface area contributed by atoms with Gasteiger partial charge in [0, 0.05) is 12.6 Å². The Bertz CT molecular complexity index is 448. The highest BCUT2D eigenvalue weighted by atomic mass is 32.1. The van der Waals surface area contributed by atoms with E-state index in [0.29, 0.717) is 0 Å². The van der Waals surface area contributed by atoms with E-state index in [1.807, 2.05) is 7.05 Å². The zero-order valence-electron chi connectivity index (χ0n) is 9.53. The number of rotatable bonds is 4. The Kier molecular flexibility index (Phi) is 3.51. The van der Waals surface area contributed by atoms with Gasteiger partial charge >= 0.3 is 0 Å². The molecule has 0 unspecified atom stereocenters. The van der Waals surface area contributed by atoms with Crippen molar-refractivity contribution in [2.45, 2.75) is 19.8 Å². The highest BCUT2D eigenvalue weighted by Gasteiger charge is 2.08. The van der Waals surface area contributed by atoms with Crippen LogP contribution in [0.2, 0.25) is 0 Å². The molecule has 84 valence electrons. The van der Waals surface area contributed by atoms with E-state index in [-0.39, 0.29) is 0 Å². The molecule has 16 heavy (non-hydrogen) atoms. The van der Waals surface area contributed by atoms with Crippen LogP contribution in [0.1, 0.15) is 18.9 Å². The van der Waals surface area contributed by atoms with E-state index in [9.17, 15) is 0 Å². The minimum Gasteiger partial charge on any atom is -0.370 e. The van der Waals surface area contributed by atoms with Gasteiger partial charge < -0.3 is 5.32 Å². The van der Waals surface area contributed by atoms with Gasteiger partial charge in [0.1, 0.15) is 5.69 Å². The summed E-state index contributed by atoms with van der Waals surface area (Å²) in [5, 5.41) is 3.05. The van der Waals surface area contributed by atoms with Crippen molar-refractivity contribution in [1.82, 2.24) is 8.75 Å². The zero-order chi connectivity index (χ0) is 11.4. The number of nitrogens with zero attached hydrogens (tertiary/aromatic N) is 2. The molecule has 0 aliphatic carbocycles. The molecule has 4 heteroatoms. The van der Waals surface area contributed by atoms with Crippen molar-refractivity contribution >= 4 is 17.5 Å². The van der Waals surface area contributed by atoms with Crippen LogP contribution in [0.4, 0.5) is 5.82 Å². The average molecular weight is 233 g/mol. The second-order valence-electron chi connectivity index (χ2n) is 3.66. The van der Waals surface area contributed by atoms with Crippen LogP contribution in [0.15, 0.2) is 24.3 Å². The maximum atomic E-state index is 4.30. The SMILES string of the molecule is CCCc1ccc(-c2nsnc2NC)cc1. The third kappa shape index (κ3) is 2.22. The monoisotopic (exact) mass is 233 g/mol. The van der Waals surface area contributed by atoms with Gasteiger partial charge in [0.15, 0.2) is 5.82 Å². The Hall–Kier alpha value is -1.42. The predicted molar refractivity (Wildman–Crippen MR) is 68.9 cm³/mol. The second kappa shape index (κ2) is 5.07. The summed E-state index contributed by atoms with van der Waals surface area (Å²) in [5.74, 6) is 0.855. The van der Waals surface area contributed by atoms with Crippen molar-refractivity contribution in [2.24, 2.45) is 0 Å². The molecule has 0 saturated carbocycles. The molecule has 0 fully saturated rings. The van der Waals surface area contributed by atoms with Crippen LogP contribution in [-0.2, 0) is 6.42 Å². The molecule has 1 N–H and O–H groups in total. The molecule has 2 rings (SSSR count). The third-order valence-electron chi connectivity index (χ3n) is 2.49. The minimum atomic E-state index is 0.855. The van der Waals surface area contributed by atoms with Crippen LogP contribution in [0.25, 0.3) is 11.3 Å². The first-order valence-electron chi connectivity index (χ1n) is 5.44. The van der Waals surface area contributed by atoms with Gasteiger partial charge in [-0.25, -0.2) is 0 Å². The maximum absolute atomic E-state index is 4.30. The summed E-state index contributed by atoms with van der Waals surface area (Å²) in [6.45, 7) is 2.19. The lowest BCUT2D eigenvalue weighted by molar-refractivity contribution is 0.922. The molecule has 1 aromatic heterocycles. The van der Waals surface area contributed by atoms with Gasteiger partial charge in [0.25, 0.3) is 0 Å². The summed E-state index contributed by atoms with van der Waals surface area (Å²) in [7, 11) is 1.87. The molecule has 0 bridgehead atoms. The van der Waals surface area contributed by atoms with Crippen LogP contribution in [-0.4, -0.2) is 15.8 Å². The minimum absolute atomic E-state index is 0.855. The molecule has 1 aromatic carbocycles. The summed E-state index contributed by atoms with van der Waals surface area (Å²) in [6.07, 6.45) is 2.31. The largest absolute Gasteiger partial charge is 0.370 e. The van der Waals surface area contributed by atoms with Gasteiger partial charge in [-0.05, 0) is 12.0 Å². The third-order valence-corrected chi connectivity index (χ3v) is 3.02. The molecule has 0 aliphatic rings. The number of anilines is 1. The molecule has 0 radical (unpaired) electrons. The lowest BCUT2D eigenvalue weighted by atomic mass is 10.1. The van der Waals surface area contributed by atoms with Crippen LogP contribution in [0.3, 0.4) is 0 Å². The van der Waals surface area contributed by atoms with Gasteiger partial charge in [-0.1, -0.05) is 37.6 Å². The molecule has 0 saturated heterocycles. The van der Waals surface area contributed by atoms with Gasteiger partial charge in [0.05, 0.1) is 11.7 Å². The van der Waals surface area contributed by atoms with Crippen LogP contribution >= 0.6 is 11.7 Å². The van der Waals surface area contributed by atoms with Crippen molar-refractivity contribution in [1.29, 1.82) is 0 Å².